The summed E-state index contributed by atoms with van der Waals surface area (Å²) in [5, 5.41) is 19.9. The predicted octanol–water partition coefficient (Wildman–Crippen LogP) is 2.58. The van der Waals surface area contributed by atoms with Crippen LogP contribution in [-0.4, -0.2) is 22.4 Å². The maximum atomic E-state index is 10.1. The minimum atomic E-state index is -0.550. The number of hydrogen-bond donors (Lipinski definition) is 2. The first-order valence-electron chi connectivity index (χ1n) is 6.42. The van der Waals surface area contributed by atoms with Crippen LogP contribution in [0, 0.1) is 17.8 Å². The molecule has 15 heavy (non-hydrogen) atoms. The van der Waals surface area contributed by atoms with Crippen LogP contribution >= 0.6 is 0 Å². The van der Waals surface area contributed by atoms with Crippen LogP contribution in [0.5, 0.6) is 0 Å². The molecule has 1 aliphatic rings. The molecule has 0 saturated heterocycles. The SMILES string of the molecule is CCC1CCCC(C(O)C(O)C(C)C)C1. The van der Waals surface area contributed by atoms with Gasteiger partial charge in [-0.2, -0.15) is 0 Å². The Morgan fingerprint density at radius 2 is 1.87 bits per heavy atom. The smallest absolute Gasteiger partial charge is 0.0829 e. The molecule has 4 atom stereocenters. The highest BCUT2D eigenvalue weighted by Crippen LogP contribution is 2.34. The first kappa shape index (κ1) is 13.0. The zero-order valence-electron chi connectivity index (χ0n) is 10.3. The fraction of sp³-hybridized carbons (Fsp3) is 1.00. The fourth-order valence-corrected chi connectivity index (χ4v) is 2.69. The molecule has 2 heteroatoms. The third-order valence-electron chi connectivity index (χ3n) is 3.92. The second-order valence-corrected chi connectivity index (χ2v) is 5.43. The summed E-state index contributed by atoms with van der Waals surface area (Å²) in [4.78, 5) is 0. The summed E-state index contributed by atoms with van der Waals surface area (Å²) >= 11 is 0. The van der Waals surface area contributed by atoms with E-state index in [1.807, 2.05) is 13.8 Å². The van der Waals surface area contributed by atoms with Crippen LogP contribution in [0.15, 0.2) is 0 Å². The van der Waals surface area contributed by atoms with Crippen molar-refractivity contribution in [1.29, 1.82) is 0 Å². The Bertz CT molecular complexity index is 179. The molecule has 1 saturated carbocycles. The molecule has 0 aromatic heterocycles. The minimum absolute atomic E-state index is 0.155. The molecule has 1 aliphatic carbocycles. The topological polar surface area (TPSA) is 40.5 Å². The Balaban J connectivity index is 2.48. The van der Waals surface area contributed by atoms with Gasteiger partial charge >= 0.3 is 0 Å². The first-order valence-corrected chi connectivity index (χ1v) is 6.42. The molecule has 0 bridgehead atoms. The van der Waals surface area contributed by atoms with E-state index in [0.29, 0.717) is 5.92 Å². The molecular formula is C13H26O2. The van der Waals surface area contributed by atoms with E-state index in [2.05, 4.69) is 6.92 Å². The molecule has 2 N–H and O–H groups in total. The van der Waals surface area contributed by atoms with E-state index in [1.54, 1.807) is 0 Å². The van der Waals surface area contributed by atoms with Crippen LogP contribution in [0.2, 0.25) is 0 Å². The lowest BCUT2D eigenvalue weighted by atomic mass is 9.75. The van der Waals surface area contributed by atoms with Crippen LogP contribution in [0.25, 0.3) is 0 Å². The van der Waals surface area contributed by atoms with Gasteiger partial charge in [0.05, 0.1) is 12.2 Å². The second-order valence-electron chi connectivity index (χ2n) is 5.43. The quantitative estimate of drug-likeness (QED) is 0.755. The molecule has 2 nitrogen and oxygen atoms in total. The van der Waals surface area contributed by atoms with E-state index < -0.39 is 12.2 Å². The minimum Gasteiger partial charge on any atom is -0.390 e. The monoisotopic (exact) mass is 214 g/mol. The standard InChI is InChI=1S/C13H26O2/c1-4-10-6-5-7-11(8-10)13(15)12(14)9(2)3/h9-15H,4-8H2,1-3H3. The highest BCUT2D eigenvalue weighted by Gasteiger charge is 2.31. The lowest BCUT2D eigenvalue weighted by molar-refractivity contribution is -0.0534. The van der Waals surface area contributed by atoms with Crippen molar-refractivity contribution in [2.45, 2.75) is 65.1 Å². The lowest BCUT2D eigenvalue weighted by Crippen LogP contribution is -2.39. The normalized spacial score (nSPS) is 31.6. The number of rotatable bonds is 4. The van der Waals surface area contributed by atoms with E-state index in [1.165, 1.54) is 19.3 Å². The number of aliphatic hydroxyl groups is 2. The lowest BCUT2D eigenvalue weighted by Gasteiger charge is -2.34. The molecular weight excluding hydrogens is 188 g/mol. The van der Waals surface area contributed by atoms with Crippen LogP contribution in [-0.2, 0) is 0 Å². The molecule has 90 valence electrons. The van der Waals surface area contributed by atoms with E-state index in [-0.39, 0.29) is 5.92 Å². The Hall–Kier alpha value is -0.0800. The third-order valence-corrected chi connectivity index (χ3v) is 3.92. The summed E-state index contributed by atoms with van der Waals surface area (Å²) in [6, 6.07) is 0. The van der Waals surface area contributed by atoms with Gasteiger partial charge in [-0.25, -0.2) is 0 Å². The average Bonchev–Trinajstić information content (AvgIpc) is 2.27. The van der Waals surface area contributed by atoms with Crippen molar-refractivity contribution in [3.63, 3.8) is 0 Å². The summed E-state index contributed by atoms with van der Waals surface area (Å²) in [5.41, 5.74) is 0. The van der Waals surface area contributed by atoms with Crippen molar-refractivity contribution in [1.82, 2.24) is 0 Å². The Labute approximate surface area is 93.7 Å². The Kier molecular flexibility index (Phi) is 5.07. The summed E-state index contributed by atoms with van der Waals surface area (Å²) in [6.45, 7) is 6.15. The van der Waals surface area contributed by atoms with E-state index in [0.717, 1.165) is 18.8 Å². The van der Waals surface area contributed by atoms with Gasteiger partial charge in [0.25, 0.3) is 0 Å². The average molecular weight is 214 g/mol. The maximum Gasteiger partial charge on any atom is 0.0829 e. The van der Waals surface area contributed by atoms with Crippen molar-refractivity contribution in [3.05, 3.63) is 0 Å². The van der Waals surface area contributed by atoms with Crippen molar-refractivity contribution in [2.24, 2.45) is 17.8 Å². The Morgan fingerprint density at radius 1 is 1.20 bits per heavy atom. The summed E-state index contributed by atoms with van der Waals surface area (Å²) < 4.78 is 0. The molecule has 1 rings (SSSR count). The van der Waals surface area contributed by atoms with Gasteiger partial charge in [0.1, 0.15) is 0 Å². The summed E-state index contributed by atoms with van der Waals surface area (Å²) in [5.74, 6) is 1.24. The molecule has 0 aromatic carbocycles. The highest BCUT2D eigenvalue weighted by molar-refractivity contribution is 4.82. The summed E-state index contributed by atoms with van der Waals surface area (Å²) in [6.07, 6.45) is 4.84. The van der Waals surface area contributed by atoms with Crippen LogP contribution < -0.4 is 0 Å². The van der Waals surface area contributed by atoms with Gasteiger partial charge in [-0.3, -0.25) is 0 Å². The molecule has 0 aromatic rings. The zero-order valence-corrected chi connectivity index (χ0v) is 10.3. The summed E-state index contributed by atoms with van der Waals surface area (Å²) in [7, 11) is 0. The van der Waals surface area contributed by atoms with Crippen LogP contribution in [0.1, 0.15) is 52.9 Å². The van der Waals surface area contributed by atoms with Gasteiger partial charge in [-0.1, -0.05) is 40.0 Å². The van der Waals surface area contributed by atoms with E-state index in [4.69, 9.17) is 0 Å². The third kappa shape index (κ3) is 3.46. The van der Waals surface area contributed by atoms with Gasteiger partial charge in [0.2, 0.25) is 0 Å². The molecule has 4 unspecified atom stereocenters. The molecule has 0 radical (unpaired) electrons. The molecule has 0 spiro atoms. The zero-order chi connectivity index (χ0) is 11.4. The van der Waals surface area contributed by atoms with Gasteiger partial charge in [-0.15, -0.1) is 0 Å². The highest BCUT2D eigenvalue weighted by atomic mass is 16.3. The molecule has 0 aliphatic heterocycles. The van der Waals surface area contributed by atoms with Crippen LogP contribution in [0.3, 0.4) is 0 Å². The van der Waals surface area contributed by atoms with Crippen molar-refractivity contribution in [2.75, 3.05) is 0 Å². The number of hydrogen-bond acceptors (Lipinski definition) is 2. The molecule has 0 amide bonds. The van der Waals surface area contributed by atoms with Crippen LogP contribution in [0.4, 0.5) is 0 Å². The van der Waals surface area contributed by atoms with E-state index in [9.17, 15) is 10.2 Å². The van der Waals surface area contributed by atoms with Gasteiger partial charge in [-0.05, 0) is 30.6 Å². The first-order chi connectivity index (χ1) is 7.06. The van der Waals surface area contributed by atoms with Crippen molar-refractivity contribution < 1.29 is 10.2 Å². The largest absolute Gasteiger partial charge is 0.390 e. The van der Waals surface area contributed by atoms with Gasteiger partial charge in [0, 0.05) is 0 Å². The van der Waals surface area contributed by atoms with Crippen molar-refractivity contribution in [3.8, 4) is 0 Å². The van der Waals surface area contributed by atoms with Gasteiger partial charge in [0.15, 0.2) is 0 Å². The van der Waals surface area contributed by atoms with E-state index >= 15 is 0 Å². The fourth-order valence-electron chi connectivity index (χ4n) is 2.69. The molecule has 0 heterocycles. The maximum absolute atomic E-state index is 10.1. The second kappa shape index (κ2) is 5.86. The predicted molar refractivity (Wildman–Crippen MR) is 62.6 cm³/mol. The van der Waals surface area contributed by atoms with Gasteiger partial charge < -0.3 is 10.2 Å². The van der Waals surface area contributed by atoms with Crippen molar-refractivity contribution >= 4 is 0 Å². The number of aliphatic hydroxyl groups excluding tert-OH is 2. The Morgan fingerprint density at radius 3 is 2.40 bits per heavy atom. The molecule has 1 fully saturated rings.